The summed E-state index contributed by atoms with van der Waals surface area (Å²) >= 11 is 0. The Labute approximate surface area is 186 Å². The van der Waals surface area contributed by atoms with Crippen LogP contribution in [0.2, 0.25) is 0 Å². The Bertz CT molecular complexity index is 1190. The SMILES string of the molecule is CCOC(=O)c1c2c(n(Cc3ccccc3)c1C)-c1ccccc1C(=O)C2C(=O)OCC. The van der Waals surface area contributed by atoms with Gasteiger partial charge in [-0.3, -0.25) is 9.59 Å². The molecule has 1 aromatic heterocycles. The minimum atomic E-state index is -1.21. The molecule has 6 nitrogen and oxygen atoms in total. The molecule has 164 valence electrons. The molecule has 6 heteroatoms. The molecule has 0 amide bonds. The predicted octanol–water partition coefficient (Wildman–Crippen LogP) is 4.53. The summed E-state index contributed by atoms with van der Waals surface area (Å²) < 4.78 is 12.6. The Morgan fingerprint density at radius 2 is 1.53 bits per heavy atom. The summed E-state index contributed by atoms with van der Waals surface area (Å²) in [5, 5.41) is 0. The van der Waals surface area contributed by atoms with E-state index < -0.39 is 17.9 Å². The molecular weight excluding hydrogens is 406 g/mol. The number of ketones is 1. The number of nitrogens with zero attached hydrogens (tertiary/aromatic N) is 1. The van der Waals surface area contributed by atoms with Crippen LogP contribution in [0.4, 0.5) is 0 Å². The number of Topliss-reactive ketones (excluding diaryl/α,β-unsaturated/α-hetero) is 1. The van der Waals surface area contributed by atoms with E-state index in [9.17, 15) is 14.4 Å². The average molecular weight is 431 g/mol. The highest BCUT2D eigenvalue weighted by Crippen LogP contribution is 2.45. The highest BCUT2D eigenvalue weighted by atomic mass is 16.5. The monoisotopic (exact) mass is 431 g/mol. The highest BCUT2D eigenvalue weighted by molar-refractivity contribution is 6.20. The van der Waals surface area contributed by atoms with Gasteiger partial charge in [-0.2, -0.15) is 0 Å². The molecule has 1 unspecified atom stereocenters. The molecule has 0 bridgehead atoms. The van der Waals surface area contributed by atoms with Crippen molar-refractivity contribution in [2.75, 3.05) is 13.2 Å². The number of rotatable bonds is 6. The zero-order valence-corrected chi connectivity index (χ0v) is 18.4. The van der Waals surface area contributed by atoms with Crippen molar-refractivity contribution < 1.29 is 23.9 Å². The Kier molecular flexibility index (Phi) is 5.95. The van der Waals surface area contributed by atoms with Gasteiger partial charge in [-0.25, -0.2) is 4.79 Å². The summed E-state index contributed by atoms with van der Waals surface area (Å²) in [6.07, 6.45) is 0. The first-order valence-corrected chi connectivity index (χ1v) is 10.7. The molecule has 0 fully saturated rings. The van der Waals surface area contributed by atoms with Crippen molar-refractivity contribution >= 4 is 17.7 Å². The Morgan fingerprint density at radius 1 is 0.906 bits per heavy atom. The van der Waals surface area contributed by atoms with Gasteiger partial charge in [0.05, 0.1) is 24.5 Å². The van der Waals surface area contributed by atoms with Crippen molar-refractivity contribution in [3.63, 3.8) is 0 Å². The molecule has 1 aliphatic carbocycles. The Balaban J connectivity index is 2.04. The summed E-state index contributed by atoms with van der Waals surface area (Å²) in [7, 11) is 0. The largest absolute Gasteiger partial charge is 0.465 e. The lowest BCUT2D eigenvalue weighted by atomic mass is 9.79. The van der Waals surface area contributed by atoms with Crippen LogP contribution in [0, 0.1) is 6.92 Å². The summed E-state index contributed by atoms with van der Waals surface area (Å²) in [6, 6.07) is 17.0. The third-order valence-electron chi connectivity index (χ3n) is 5.74. The van der Waals surface area contributed by atoms with Crippen molar-refractivity contribution in [1.29, 1.82) is 0 Å². The summed E-state index contributed by atoms with van der Waals surface area (Å²) in [5.41, 5.74) is 4.14. The number of fused-ring (bicyclic) bond motifs is 3. The first-order valence-electron chi connectivity index (χ1n) is 10.7. The van der Waals surface area contributed by atoms with Crippen molar-refractivity contribution in [3.8, 4) is 11.3 Å². The average Bonchev–Trinajstić information content (AvgIpc) is 3.07. The zero-order chi connectivity index (χ0) is 22.8. The number of hydrogen-bond acceptors (Lipinski definition) is 5. The molecule has 1 heterocycles. The van der Waals surface area contributed by atoms with Gasteiger partial charge >= 0.3 is 11.9 Å². The second-order valence-electron chi connectivity index (χ2n) is 7.61. The van der Waals surface area contributed by atoms with Gasteiger partial charge in [-0.1, -0.05) is 54.6 Å². The minimum Gasteiger partial charge on any atom is -0.465 e. The van der Waals surface area contributed by atoms with Crippen LogP contribution in [0.15, 0.2) is 54.6 Å². The van der Waals surface area contributed by atoms with E-state index in [1.807, 2.05) is 54.0 Å². The van der Waals surface area contributed by atoms with Crippen molar-refractivity contribution in [2.45, 2.75) is 33.2 Å². The number of ether oxygens (including phenoxy) is 2. The molecule has 0 saturated heterocycles. The maximum absolute atomic E-state index is 13.4. The lowest BCUT2D eigenvalue weighted by molar-refractivity contribution is -0.143. The highest BCUT2D eigenvalue weighted by Gasteiger charge is 2.44. The molecule has 2 aromatic carbocycles. The summed E-state index contributed by atoms with van der Waals surface area (Å²) in [5.74, 6) is -2.78. The lowest BCUT2D eigenvalue weighted by Gasteiger charge is -2.25. The standard InChI is InChI=1S/C26H25NO5/c1-4-31-25(29)20-16(3)27(15-17-11-7-6-8-12-17)23-18-13-9-10-14-19(18)24(28)22(21(20)23)26(30)32-5-2/h6-14,22H,4-5,15H2,1-3H3. The van der Waals surface area contributed by atoms with E-state index in [0.29, 0.717) is 34.6 Å². The molecule has 1 aliphatic rings. The predicted molar refractivity (Wildman–Crippen MR) is 120 cm³/mol. The van der Waals surface area contributed by atoms with Crippen LogP contribution in [0.25, 0.3) is 11.3 Å². The van der Waals surface area contributed by atoms with E-state index in [2.05, 4.69) is 0 Å². The van der Waals surface area contributed by atoms with Crippen molar-refractivity contribution in [3.05, 3.63) is 82.5 Å². The number of carbonyl (C=O) groups excluding carboxylic acids is 3. The topological polar surface area (TPSA) is 74.6 Å². The van der Waals surface area contributed by atoms with Crippen molar-refractivity contribution in [1.82, 2.24) is 4.57 Å². The first kappa shape index (κ1) is 21.6. The molecular formula is C26H25NO5. The third-order valence-corrected chi connectivity index (χ3v) is 5.74. The number of esters is 2. The molecule has 32 heavy (non-hydrogen) atoms. The van der Waals surface area contributed by atoms with Crippen LogP contribution in [-0.2, 0) is 20.8 Å². The first-order chi connectivity index (χ1) is 15.5. The fourth-order valence-corrected chi connectivity index (χ4v) is 4.40. The summed E-state index contributed by atoms with van der Waals surface area (Å²) in [6.45, 7) is 6.04. The molecule has 0 radical (unpaired) electrons. The van der Waals surface area contributed by atoms with Gasteiger partial charge in [0.25, 0.3) is 0 Å². The van der Waals surface area contributed by atoms with Crippen LogP contribution in [0.3, 0.4) is 0 Å². The maximum Gasteiger partial charge on any atom is 0.340 e. The maximum atomic E-state index is 13.4. The van der Waals surface area contributed by atoms with E-state index in [1.165, 1.54) is 0 Å². The zero-order valence-electron chi connectivity index (χ0n) is 18.4. The number of hydrogen-bond donors (Lipinski definition) is 0. The van der Waals surface area contributed by atoms with E-state index in [1.54, 1.807) is 26.0 Å². The smallest absolute Gasteiger partial charge is 0.340 e. The van der Waals surface area contributed by atoms with Gasteiger partial charge in [0.2, 0.25) is 0 Å². The van der Waals surface area contributed by atoms with Gasteiger partial charge < -0.3 is 14.0 Å². The van der Waals surface area contributed by atoms with E-state index in [4.69, 9.17) is 9.47 Å². The quantitative estimate of drug-likeness (QED) is 0.423. The molecule has 0 spiro atoms. The third kappa shape index (κ3) is 3.51. The number of aromatic nitrogens is 1. The van der Waals surface area contributed by atoms with Crippen LogP contribution in [0.5, 0.6) is 0 Å². The second-order valence-corrected chi connectivity index (χ2v) is 7.61. The molecule has 4 rings (SSSR count). The Morgan fingerprint density at radius 3 is 2.19 bits per heavy atom. The molecule has 0 N–H and O–H groups in total. The lowest BCUT2D eigenvalue weighted by Crippen LogP contribution is -2.29. The van der Waals surface area contributed by atoms with Gasteiger partial charge in [-0.05, 0) is 26.3 Å². The number of carbonyl (C=O) groups is 3. The second kappa shape index (κ2) is 8.83. The minimum absolute atomic E-state index is 0.137. The normalized spacial score (nSPS) is 14.5. The Hall–Kier alpha value is -3.67. The van der Waals surface area contributed by atoms with E-state index in [-0.39, 0.29) is 24.6 Å². The molecule has 0 saturated carbocycles. The number of benzene rings is 2. The van der Waals surface area contributed by atoms with Gasteiger partial charge in [0.1, 0.15) is 5.92 Å². The van der Waals surface area contributed by atoms with E-state index >= 15 is 0 Å². The molecule has 0 aliphatic heterocycles. The van der Waals surface area contributed by atoms with Gasteiger partial charge in [0.15, 0.2) is 5.78 Å². The van der Waals surface area contributed by atoms with E-state index in [0.717, 1.165) is 5.56 Å². The molecule has 1 atom stereocenters. The van der Waals surface area contributed by atoms with Crippen LogP contribution in [-0.4, -0.2) is 35.5 Å². The van der Waals surface area contributed by atoms with Gasteiger partial charge in [-0.15, -0.1) is 0 Å². The van der Waals surface area contributed by atoms with Crippen molar-refractivity contribution in [2.24, 2.45) is 0 Å². The summed E-state index contributed by atoms with van der Waals surface area (Å²) in [4.78, 5) is 39.5. The fraction of sp³-hybridized carbons (Fsp3) is 0.269. The van der Waals surface area contributed by atoms with Gasteiger partial charge in [0, 0.05) is 28.9 Å². The fourth-order valence-electron chi connectivity index (χ4n) is 4.40. The molecule has 3 aromatic rings. The van der Waals surface area contributed by atoms with Crippen LogP contribution < -0.4 is 0 Å². The van der Waals surface area contributed by atoms with Crippen LogP contribution in [0.1, 0.15) is 57.3 Å². The van der Waals surface area contributed by atoms with Crippen LogP contribution >= 0.6 is 0 Å².